The quantitative estimate of drug-likeness (QED) is 0.435. The van der Waals surface area contributed by atoms with Gasteiger partial charge in [0, 0.05) is 26.0 Å². The molecule has 82 valence electrons. The highest BCUT2D eigenvalue weighted by Gasteiger charge is 2.49. The van der Waals surface area contributed by atoms with Gasteiger partial charge in [0.2, 0.25) is 0 Å². The normalized spacial score (nSPS) is 30.6. The van der Waals surface area contributed by atoms with E-state index in [4.69, 9.17) is 5.73 Å². The van der Waals surface area contributed by atoms with Crippen LogP contribution in [0.3, 0.4) is 0 Å². The molecule has 1 amide bonds. The zero-order valence-electron chi connectivity index (χ0n) is 8.27. The molecule has 1 aliphatic heterocycles. The fraction of sp³-hybridized carbons (Fsp3) is 0.500. The molecule has 2 unspecified atom stereocenters. The number of hydrogen-bond acceptors (Lipinski definition) is 5. The Hall–Kier alpha value is -1.44. The number of carbonyl (C=O) groups is 1. The Morgan fingerprint density at radius 1 is 1.80 bits per heavy atom. The van der Waals surface area contributed by atoms with E-state index in [0.29, 0.717) is 5.82 Å². The molecule has 7 heteroatoms. The highest BCUT2D eigenvalue weighted by atomic mass is 16.3. The number of imidazole rings is 1. The van der Waals surface area contributed by atoms with Gasteiger partial charge in [-0.1, -0.05) is 0 Å². The van der Waals surface area contributed by atoms with E-state index >= 15 is 0 Å². The summed E-state index contributed by atoms with van der Waals surface area (Å²) >= 11 is 0. The van der Waals surface area contributed by atoms with Crippen LogP contribution in [0.25, 0.3) is 0 Å². The Morgan fingerprint density at radius 3 is 2.93 bits per heavy atom. The zero-order valence-corrected chi connectivity index (χ0v) is 8.27. The largest absolute Gasteiger partial charge is 0.361 e. The summed E-state index contributed by atoms with van der Waals surface area (Å²) in [4.78, 5) is 15.8. The van der Waals surface area contributed by atoms with Crippen LogP contribution in [0.5, 0.6) is 0 Å². The Morgan fingerprint density at radius 2 is 2.53 bits per heavy atom. The standard InChI is InChI=1S/C8H13N5O2/c1-13-3-2-10-5(13)8(4-9)6(14)11-7(15)12-8/h2-3,7,12,15H,4,9H2,1H3,(H,11,14). The second-order valence-electron chi connectivity index (χ2n) is 3.49. The van der Waals surface area contributed by atoms with Crippen molar-refractivity contribution in [1.29, 1.82) is 0 Å². The monoisotopic (exact) mass is 211 g/mol. The number of aliphatic hydroxyl groups is 1. The Bertz CT molecular complexity index is 390. The van der Waals surface area contributed by atoms with E-state index in [-0.39, 0.29) is 12.5 Å². The van der Waals surface area contributed by atoms with Crippen molar-refractivity contribution >= 4 is 5.91 Å². The lowest BCUT2D eigenvalue weighted by Crippen LogP contribution is -2.52. The number of carbonyl (C=O) groups excluding carboxylic acids is 1. The summed E-state index contributed by atoms with van der Waals surface area (Å²) in [6.45, 7) is 0.0285. The van der Waals surface area contributed by atoms with Gasteiger partial charge in [0.25, 0.3) is 5.91 Å². The van der Waals surface area contributed by atoms with Crippen LogP contribution >= 0.6 is 0 Å². The lowest BCUT2D eigenvalue weighted by atomic mass is 9.99. The molecule has 0 saturated carbocycles. The topological polar surface area (TPSA) is 105 Å². The molecule has 2 rings (SSSR count). The first-order valence-corrected chi connectivity index (χ1v) is 4.55. The van der Waals surface area contributed by atoms with Crippen LogP contribution in [-0.2, 0) is 17.4 Å². The van der Waals surface area contributed by atoms with Gasteiger partial charge in [0.1, 0.15) is 5.82 Å². The highest BCUT2D eigenvalue weighted by molar-refractivity contribution is 5.89. The van der Waals surface area contributed by atoms with Crippen LogP contribution in [0.15, 0.2) is 12.4 Å². The van der Waals surface area contributed by atoms with Gasteiger partial charge in [0.15, 0.2) is 11.9 Å². The molecular formula is C8H13N5O2. The number of amides is 1. The molecule has 7 nitrogen and oxygen atoms in total. The fourth-order valence-corrected chi connectivity index (χ4v) is 1.77. The number of hydrogen-bond donors (Lipinski definition) is 4. The van der Waals surface area contributed by atoms with E-state index in [1.807, 2.05) is 0 Å². The van der Waals surface area contributed by atoms with E-state index in [1.54, 1.807) is 24.0 Å². The van der Waals surface area contributed by atoms with Gasteiger partial charge in [-0.05, 0) is 0 Å². The molecule has 0 radical (unpaired) electrons. The third kappa shape index (κ3) is 1.32. The molecule has 5 N–H and O–H groups in total. The number of nitrogens with zero attached hydrogens (tertiary/aromatic N) is 2. The maximum Gasteiger partial charge on any atom is 0.252 e. The summed E-state index contributed by atoms with van der Waals surface area (Å²) in [5, 5.41) is 14.4. The number of nitrogens with two attached hydrogens (primary N) is 1. The highest BCUT2D eigenvalue weighted by Crippen LogP contribution is 2.22. The molecule has 0 bridgehead atoms. The van der Waals surface area contributed by atoms with Crippen LogP contribution < -0.4 is 16.4 Å². The average Bonchev–Trinajstić information content (AvgIpc) is 2.71. The lowest BCUT2D eigenvalue weighted by Gasteiger charge is -2.23. The van der Waals surface area contributed by atoms with Crippen LogP contribution in [0.2, 0.25) is 0 Å². The molecule has 1 fully saturated rings. The first-order chi connectivity index (χ1) is 7.10. The van der Waals surface area contributed by atoms with Crippen molar-refractivity contribution in [2.75, 3.05) is 6.54 Å². The minimum absolute atomic E-state index is 0.0285. The van der Waals surface area contributed by atoms with Gasteiger partial charge < -0.3 is 20.7 Å². The number of nitrogens with one attached hydrogen (secondary N) is 2. The zero-order chi connectivity index (χ0) is 11.1. The van der Waals surface area contributed by atoms with Gasteiger partial charge in [-0.15, -0.1) is 0 Å². The van der Waals surface area contributed by atoms with Crippen molar-refractivity contribution in [3.8, 4) is 0 Å². The van der Waals surface area contributed by atoms with Crippen LogP contribution in [0.4, 0.5) is 0 Å². The fourth-order valence-electron chi connectivity index (χ4n) is 1.77. The summed E-state index contributed by atoms with van der Waals surface area (Å²) in [5.41, 5.74) is 4.45. The molecule has 1 aromatic heterocycles. The summed E-state index contributed by atoms with van der Waals surface area (Å²) in [6, 6.07) is 0. The lowest BCUT2D eigenvalue weighted by molar-refractivity contribution is -0.124. The van der Waals surface area contributed by atoms with E-state index in [1.165, 1.54) is 0 Å². The summed E-state index contributed by atoms with van der Waals surface area (Å²) in [7, 11) is 1.76. The van der Waals surface area contributed by atoms with Crippen molar-refractivity contribution in [3.63, 3.8) is 0 Å². The summed E-state index contributed by atoms with van der Waals surface area (Å²) in [6.07, 6.45) is 2.21. The third-order valence-corrected chi connectivity index (χ3v) is 2.55. The van der Waals surface area contributed by atoms with Crippen molar-refractivity contribution in [2.45, 2.75) is 11.9 Å². The van der Waals surface area contributed by atoms with Crippen LogP contribution in [0, 0.1) is 0 Å². The Balaban J connectivity index is 2.47. The predicted octanol–water partition coefficient (Wildman–Crippen LogP) is -2.43. The first-order valence-electron chi connectivity index (χ1n) is 4.55. The summed E-state index contributed by atoms with van der Waals surface area (Å²) < 4.78 is 1.69. The van der Waals surface area contributed by atoms with Crippen LogP contribution in [-0.4, -0.2) is 33.5 Å². The van der Waals surface area contributed by atoms with Gasteiger partial charge >= 0.3 is 0 Å². The molecule has 0 spiro atoms. The molecule has 0 aromatic carbocycles. The first kappa shape index (κ1) is 10.1. The van der Waals surface area contributed by atoms with E-state index in [0.717, 1.165) is 0 Å². The number of aromatic nitrogens is 2. The molecule has 1 aliphatic rings. The van der Waals surface area contributed by atoms with Crippen molar-refractivity contribution in [2.24, 2.45) is 12.8 Å². The summed E-state index contributed by atoms with van der Waals surface area (Å²) in [5.74, 6) is 0.117. The predicted molar refractivity (Wildman–Crippen MR) is 51.2 cm³/mol. The Kier molecular flexibility index (Phi) is 2.22. The molecule has 1 aromatic rings. The minimum atomic E-state index is -1.14. The number of rotatable bonds is 2. The molecule has 15 heavy (non-hydrogen) atoms. The van der Waals surface area contributed by atoms with Crippen molar-refractivity contribution in [1.82, 2.24) is 20.2 Å². The molecule has 2 heterocycles. The molecule has 0 aliphatic carbocycles. The van der Waals surface area contributed by atoms with Crippen molar-refractivity contribution in [3.05, 3.63) is 18.2 Å². The maximum absolute atomic E-state index is 11.7. The Labute approximate surface area is 86.3 Å². The molecular weight excluding hydrogens is 198 g/mol. The van der Waals surface area contributed by atoms with Crippen molar-refractivity contribution < 1.29 is 9.90 Å². The average molecular weight is 211 g/mol. The maximum atomic E-state index is 11.7. The minimum Gasteiger partial charge on any atom is -0.361 e. The van der Waals surface area contributed by atoms with Gasteiger partial charge in [-0.3, -0.25) is 10.1 Å². The number of aryl methyl sites for hydroxylation is 1. The second kappa shape index (κ2) is 3.30. The number of aliphatic hydroxyl groups excluding tert-OH is 1. The van der Waals surface area contributed by atoms with Gasteiger partial charge in [0.05, 0.1) is 0 Å². The van der Waals surface area contributed by atoms with E-state index in [2.05, 4.69) is 15.6 Å². The van der Waals surface area contributed by atoms with Crippen LogP contribution in [0.1, 0.15) is 5.82 Å². The SMILES string of the molecule is Cn1ccnc1C1(CN)NC(O)NC1=O. The van der Waals surface area contributed by atoms with Gasteiger partial charge in [-0.2, -0.15) is 0 Å². The third-order valence-electron chi connectivity index (χ3n) is 2.55. The molecule has 2 atom stereocenters. The molecule has 1 saturated heterocycles. The smallest absolute Gasteiger partial charge is 0.252 e. The second-order valence-corrected chi connectivity index (χ2v) is 3.49. The van der Waals surface area contributed by atoms with E-state index < -0.39 is 11.9 Å². The van der Waals surface area contributed by atoms with Gasteiger partial charge in [-0.25, -0.2) is 4.98 Å². The van der Waals surface area contributed by atoms with E-state index in [9.17, 15) is 9.90 Å².